The molecule has 0 heterocycles. The standard InChI is InChI=1S/C9H10N2O4/c1-4(12)11-5-2-6(9(14)15)8(13)7(10)3-5/h2-3,13H,10H2,1H3,(H,11,12)(H,14,15). The predicted molar refractivity (Wildman–Crippen MR) is 53.8 cm³/mol. The number of aromatic carboxylic acids is 1. The lowest BCUT2D eigenvalue weighted by Crippen LogP contribution is -2.08. The van der Waals surface area contributed by atoms with Crippen molar-refractivity contribution < 1.29 is 19.8 Å². The van der Waals surface area contributed by atoms with E-state index in [1.807, 2.05) is 0 Å². The molecule has 0 bridgehead atoms. The number of carboxylic acid groups (broad SMARTS) is 1. The fourth-order valence-electron chi connectivity index (χ4n) is 1.10. The lowest BCUT2D eigenvalue weighted by Gasteiger charge is -2.07. The van der Waals surface area contributed by atoms with Gasteiger partial charge in [0.1, 0.15) is 5.56 Å². The number of nitrogens with two attached hydrogens (primary N) is 1. The van der Waals surface area contributed by atoms with E-state index < -0.39 is 11.7 Å². The number of nitrogens with one attached hydrogen (secondary N) is 1. The molecule has 6 nitrogen and oxygen atoms in total. The highest BCUT2D eigenvalue weighted by Gasteiger charge is 2.14. The third kappa shape index (κ3) is 2.37. The van der Waals surface area contributed by atoms with Crippen molar-refractivity contribution in [3.63, 3.8) is 0 Å². The molecule has 6 heteroatoms. The second-order valence-electron chi connectivity index (χ2n) is 2.95. The van der Waals surface area contributed by atoms with Gasteiger partial charge in [-0.25, -0.2) is 4.79 Å². The van der Waals surface area contributed by atoms with Crippen LogP contribution in [-0.4, -0.2) is 22.1 Å². The van der Waals surface area contributed by atoms with Crippen molar-refractivity contribution in [2.24, 2.45) is 0 Å². The second kappa shape index (κ2) is 3.87. The van der Waals surface area contributed by atoms with Gasteiger partial charge in [-0.15, -0.1) is 0 Å². The Morgan fingerprint density at radius 1 is 1.40 bits per heavy atom. The maximum absolute atomic E-state index is 10.7. The van der Waals surface area contributed by atoms with Crippen LogP contribution in [0.5, 0.6) is 5.75 Å². The van der Waals surface area contributed by atoms with E-state index >= 15 is 0 Å². The highest BCUT2D eigenvalue weighted by atomic mass is 16.4. The number of benzene rings is 1. The van der Waals surface area contributed by atoms with Gasteiger partial charge in [-0.2, -0.15) is 0 Å². The first-order valence-electron chi connectivity index (χ1n) is 4.05. The van der Waals surface area contributed by atoms with E-state index in [1.165, 1.54) is 13.0 Å². The molecule has 15 heavy (non-hydrogen) atoms. The van der Waals surface area contributed by atoms with Gasteiger partial charge in [-0.05, 0) is 12.1 Å². The smallest absolute Gasteiger partial charge is 0.339 e. The van der Waals surface area contributed by atoms with Crippen LogP contribution in [0.1, 0.15) is 17.3 Å². The average Bonchev–Trinajstić information content (AvgIpc) is 2.09. The molecule has 0 unspecified atom stereocenters. The summed E-state index contributed by atoms with van der Waals surface area (Å²) in [5.41, 5.74) is 5.16. The lowest BCUT2D eigenvalue weighted by atomic mass is 10.1. The summed E-state index contributed by atoms with van der Waals surface area (Å²) in [7, 11) is 0. The highest BCUT2D eigenvalue weighted by molar-refractivity contribution is 5.97. The first-order valence-corrected chi connectivity index (χ1v) is 4.05. The zero-order chi connectivity index (χ0) is 11.6. The largest absolute Gasteiger partial charge is 0.505 e. The average molecular weight is 210 g/mol. The molecule has 5 N–H and O–H groups in total. The van der Waals surface area contributed by atoms with Crippen molar-refractivity contribution in [1.29, 1.82) is 0 Å². The Hall–Kier alpha value is -2.24. The van der Waals surface area contributed by atoms with Gasteiger partial charge in [-0.3, -0.25) is 4.79 Å². The number of aromatic hydroxyl groups is 1. The molecular weight excluding hydrogens is 200 g/mol. The van der Waals surface area contributed by atoms with E-state index in [1.54, 1.807) is 0 Å². The van der Waals surface area contributed by atoms with Crippen molar-refractivity contribution in [1.82, 2.24) is 0 Å². The molecule has 80 valence electrons. The molecule has 0 radical (unpaired) electrons. The minimum Gasteiger partial charge on any atom is -0.505 e. The quantitative estimate of drug-likeness (QED) is 0.325. The molecule has 0 atom stereocenters. The number of rotatable bonds is 2. The van der Waals surface area contributed by atoms with Gasteiger partial charge in [-0.1, -0.05) is 0 Å². The Bertz CT molecular complexity index is 428. The third-order valence-electron chi connectivity index (χ3n) is 1.69. The van der Waals surface area contributed by atoms with E-state index in [9.17, 15) is 14.7 Å². The summed E-state index contributed by atoms with van der Waals surface area (Å²) in [6.07, 6.45) is 0. The van der Waals surface area contributed by atoms with E-state index in [-0.39, 0.29) is 22.8 Å². The maximum Gasteiger partial charge on any atom is 0.339 e. The van der Waals surface area contributed by atoms with Crippen molar-refractivity contribution in [2.45, 2.75) is 6.92 Å². The first-order chi connectivity index (χ1) is 6.91. The Kier molecular flexibility index (Phi) is 2.80. The number of carboxylic acids is 1. The number of phenols is 1. The van der Waals surface area contributed by atoms with Crippen LogP contribution in [0.4, 0.5) is 11.4 Å². The third-order valence-corrected chi connectivity index (χ3v) is 1.69. The molecule has 0 aliphatic carbocycles. The molecule has 1 rings (SSSR count). The van der Waals surface area contributed by atoms with Crippen LogP contribution in [0.2, 0.25) is 0 Å². The molecule has 0 saturated heterocycles. The molecule has 1 aromatic carbocycles. The van der Waals surface area contributed by atoms with Crippen LogP contribution in [0.15, 0.2) is 12.1 Å². The second-order valence-corrected chi connectivity index (χ2v) is 2.95. The monoisotopic (exact) mass is 210 g/mol. The van der Waals surface area contributed by atoms with Crippen LogP contribution in [0.3, 0.4) is 0 Å². The number of anilines is 2. The summed E-state index contributed by atoms with van der Waals surface area (Å²) in [6.45, 7) is 1.28. The topological polar surface area (TPSA) is 113 Å². The summed E-state index contributed by atoms with van der Waals surface area (Å²) in [5.74, 6) is -2.17. The summed E-state index contributed by atoms with van der Waals surface area (Å²) in [4.78, 5) is 21.4. The fourth-order valence-corrected chi connectivity index (χ4v) is 1.10. The van der Waals surface area contributed by atoms with Gasteiger partial charge < -0.3 is 21.3 Å². The summed E-state index contributed by atoms with van der Waals surface area (Å²) in [6, 6.07) is 2.42. The van der Waals surface area contributed by atoms with Gasteiger partial charge in [0.25, 0.3) is 0 Å². The van der Waals surface area contributed by atoms with E-state index in [0.717, 1.165) is 6.07 Å². The normalized spacial score (nSPS) is 9.67. The molecule has 1 amide bonds. The Morgan fingerprint density at radius 3 is 2.47 bits per heavy atom. The van der Waals surface area contributed by atoms with Crippen molar-refractivity contribution in [3.05, 3.63) is 17.7 Å². The number of hydrogen-bond acceptors (Lipinski definition) is 4. The van der Waals surface area contributed by atoms with Gasteiger partial charge >= 0.3 is 5.97 Å². The van der Waals surface area contributed by atoms with Crippen LogP contribution >= 0.6 is 0 Å². The van der Waals surface area contributed by atoms with Crippen molar-refractivity contribution >= 4 is 23.3 Å². The van der Waals surface area contributed by atoms with E-state index in [2.05, 4.69) is 5.32 Å². The van der Waals surface area contributed by atoms with Gasteiger partial charge in [0.05, 0.1) is 5.69 Å². The minimum absolute atomic E-state index is 0.0985. The zero-order valence-electron chi connectivity index (χ0n) is 7.94. The molecular formula is C9H10N2O4. The van der Waals surface area contributed by atoms with E-state index in [0.29, 0.717) is 0 Å². The number of nitrogen functional groups attached to an aromatic ring is 1. The molecule has 1 aromatic rings. The number of carbonyl (C=O) groups is 2. The zero-order valence-corrected chi connectivity index (χ0v) is 7.94. The highest BCUT2D eigenvalue weighted by Crippen LogP contribution is 2.29. The SMILES string of the molecule is CC(=O)Nc1cc(N)c(O)c(C(=O)O)c1. The summed E-state index contributed by atoms with van der Waals surface area (Å²) < 4.78 is 0. The molecule has 0 saturated carbocycles. The first kappa shape index (κ1) is 10.8. The van der Waals surface area contributed by atoms with Crippen LogP contribution in [0, 0.1) is 0 Å². The number of hydrogen-bond donors (Lipinski definition) is 4. The molecule has 0 spiro atoms. The Balaban J connectivity index is 3.23. The molecule has 0 aliphatic rings. The molecule has 0 fully saturated rings. The molecule has 0 aliphatic heterocycles. The van der Waals surface area contributed by atoms with Crippen LogP contribution < -0.4 is 11.1 Å². The predicted octanol–water partition coefficient (Wildman–Crippen LogP) is 0.631. The van der Waals surface area contributed by atoms with Crippen molar-refractivity contribution in [3.8, 4) is 5.75 Å². The van der Waals surface area contributed by atoms with Crippen molar-refractivity contribution in [2.75, 3.05) is 11.1 Å². The van der Waals surface area contributed by atoms with Crippen LogP contribution in [-0.2, 0) is 4.79 Å². The van der Waals surface area contributed by atoms with Gasteiger partial charge in [0.15, 0.2) is 5.75 Å². The van der Waals surface area contributed by atoms with Gasteiger partial charge in [0, 0.05) is 12.6 Å². The summed E-state index contributed by atoms with van der Waals surface area (Å²) >= 11 is 0. The summed E-state index contributed by atoms with van der Waals surface area (Å²) in [5, 5.41) is 20.4. The number of amides is 1. The Morgan fingerprint density at radius 2 is 2.00 bits per heavy atom. The molecule has 0 aromatic heterocycles. The number of carbonyl (C=O) groups excluding carboxylic acids is 1. The minimum atomic E-state index is -1.31. The fraction of sp³-hybridized carbons (Fsp3) is 0.111. The lowest BCUT2D eigenvalue weighted by molar-refractivity contribution is -0.114. The van der Waals surface area contributed by atoms with E-state index in [4.69, 9.17) is 10.8 Å². The van der Waals surface area contributed by atoms with Gasteiger partial charge in [0.2, 0.25) is 5.91 Å². The maximum atomic E-state index is 10.7. The van der Waals surface area contributed by atoms with Crippen LogP contribution in [0.25, 0.3) is 0 Å². The Labute approximate surface area is 85.3 Å².